The highest BCUT2D eigenvalue weighted by molar-refractivity contribution is 5.13. The molecule has 1 N–H and O–H groups in total. The zero-order valence-corrected chi connectivity index (χ0v) is 13.9. The molecule has 3 atom stereocenters. The number of hydrogen-bond acceptors (Lipinski definition) is 4. The van der Waals surface area contributed by atoms with Crippen molar-refractivity contribution >= 4 is 0 Å². The fraction of sp³-hybridized carbons (Fsp3) is 0.938. The lowest BCUT2D eigenvalue weighted by Gasteiger charge is -2.35. The van der Waals surface area contributed by atoms with E-state index in [1.807, 2.05) is 0 Å². The minimum Gasteiger partial charge on any atom is -0.308 e. The van der Waals surface area contributed by atoms with Crippen molar-refractivity contribution in [2.75, 3.05) is 33.7 Å². The second-order valence-corrected chi connectivity index (χ2v) is 6.46. The molecule has 4 nitrogen and oxygen atoms in total. The third kappa shape index (κ3) is 4.44. The van der Waals surface area contributed by atoms with E-state index in [4.69, 9.17) is 0 Å². The van der Waals surface area contributed by atoms with Gasteiger partial charge in [-0.1, -0.05) is 13.8 Å². The van der Waals surface area contributed by atoms with Gasteiger partial charge in [-0.25, -0.2) is 0 Å². The van der Waals surface area contributed by atoms with Gasteiger partial charge in [-0.2, -0.15) is 5.26 Å². The van der Waals surface area contributed by atoms with Crippen molar-refractivity contribution in [3.05, 3.63) is 0 Å². The third-order valence-electron chi connectivity index (χ3n) is 4.45. The summed E-state index contributed by atoms with van der Waals surface area (Å²) in [6.07, 6.45) is 4.17. The number of nitriles is 1. The summed E-state index contributed by atoms with van der Waals surface area (Å²) >= 11 is 0. The van der Waals surface area contributed by atoms with Crippen molar-refractivity contribution in [2.45, 2.75) is 64.1 Å². The zero-order valence-electron chi connectivity index (χ0n) is 13.9. The molecule has 1 rings (SSSR count). The maximum atomic E-state index is 9.56. The maximum absolute atomic E-state index is 9.56. The average Bonchev–Trinajstić information content (AvgIpc) is 2.81. The molecule has 1 fully saturated rings. The predicted octanol–water partition coefficient (Wildman–Crippen LogP) is 2.07. The molecule has 1 aliphatic rings. The molecule has 0 aliphatic heterocycles. The normalized spacial score (nSPS) is 28.0. The second kappa shape index (κ2) is 7.97. The first-order chi connectivity index (χ1) is 9.48. The second-order valence-electron chi connectivity index (χ2n) is 6.46. The number of nitrogens with one attached hydrogen (secondary N) is 1. The summed E-state index contributed by atoms with van der Waals surface area (Å²) in [6, 6.07) is 3.64. The van der Waals surface area contributed by atoms with Gasteiger partial charge in [-0.05, 0) is 59.8 Å². The number of nitrogens with zero attached hydrogens (tertiary/aromatic N) is 3. The summed E-state index contributed by atoms with van der Waals surface area (Å²) in [5.41, 5.74) is -0.286. The van der Waals surface area contributed by atoms with Crippen LogP contribution in [0.15, 0.2) is 0 Å². The lowest BCUT2D eigenvalue weighted by atomic mass is 9.98. The van der Waals surface area contributed by atoms with E-state index in [9.17, 15) is 5.26 Å². The fourth-order valence-corrected chi connectivity index (χ4v) is 3.53. The number of rotatable bonds is 8. The van der Waals surface area contributed by atoms with E-state index in [0.29, 0.717) is 12.1 Å². The number of hydrogen-bond donors (Lipinski definition) is 1. The molecule has 0 aromatic rings. The molecule has 116 valence electrons. The van der Waals surface area contributed by atoms with Crippen LogP contribution < -0.4 is 5.32 Å². The molecule has 1 saturated carbocycles. The van der Waals surface area contributed by atoms with Gasteiger partial charge in [0.05, 0.1) is 6.07 Å². The van der Waals surface area contributed by atoms with Crippen molar-refractivity contribution in [3.8, 4) is 6.07 Å². The van der Waals surface area contributed by atoms with Gasteiger partial charge in [-0.3, -0.25) is 10.2 Å². The molecule has 0 heterocycles. The van der Waals surface area contributed by atoms with E-state index in [1.54, 1.807) is 0 Å². The van der Waals surface area contributed by atoms with Crippen LogP contribution in [0.25, 0.3) is 0 Å². The van der Waals surface area contributed by atoms with Gasteiger partial charge >= 0.3 is 0 Å². The van der Waals surface area contributed by atoms with Gasteiger partial charge in [-0.15, -0.1) is 0 Å². The van der Waals surface area contributed by atoms with E-state index >= 15 is 0 Å². The van der Waals surface area contributed by atoms with E-state index < -0.39 is 0 Å². The molecule has 0 saturated heterocycles. The van der Waals surface area contributed by atoms with E-state index in [-0.39, 0.29) is 5.54 Å². The van der Waals surface area contributed by atoms with Crippen LogP contribution in [0.3, 0.4) is 0 Å². The lowest BCUT2D eigenvalue weighted by Crippen LogP contribution is -2.48. The first kappa shape index (κ1) is 17.4. The smallest absolute Gasteiger partial charge is 0.108 e. The Bertz CT molecular complexity index is 323. The third-order valence-corrected chi connectivity index (χ3v) is 4.45. The van der Waals surface area contributed by atoms with E-state index in [2.05, 4.69) is 56.1 Å². The summed E-state index contributed by atoms with van der Waals surface area (Å²) in [7, 11) is 4.25. The Morgan fingerprint density at radius 1 is 1.40 bits per heavy atom. The van der Waals surface area contributed by atoms with Crippen LogP contribution in [0, 0.1) is 11.3 Å². The highest BCUT2D eigenvalue weighted by Crippen LogP contribution is 2.33. The molecule has 20 heavy (non-hydrogen) atoms. The molecule has 0 radical (unpaired) electrons. The average molecular weight is 280 g/mol. The van der Waals surface area contributed by atoms with E-state index in [1.165, 1.54) is 0 Å². The molecule has 0 aromatic carbocycles. The Kier molecular flexibility index (Phi) is 6.94. The van der Waals surface area contributed by atoms with Gasteiger partial charge in [0.15, 0.2) is 0 Å². The minimum atomic E-state index is -0.286. The van der Waals surface area contributed by atoms with Crippen molar-refractivity contribution in [1.29, 1.82) is 5.26 Å². The van der Waals surface area contributed by atoms with Gasteiger partial charge in [0.25, 0.3) is 0 Å². The van der Waals surface area contributed by atoms with Crippen LogP contribution in [0.2, 0.25) is 0 Å². The first-order valence-electron chi connectivity index (χ1n) is 8.04. The van der Waals surface area contributed by atoms with Gasteiger partial charge < -0.3 is 4.90 Å². The largest absolute Gasteiger partial charge is 0.308 e. The monoisotopic (exact) mass is 280 g/mol. The first-order valence-corrected chi connectivity index (χ1v) is 8.04. The highest BCUT2D eigenvalue weighted by atomic mass is 15.2. The highest BCUT2D eigenvalue weighted by Gasteiger charge is 2.41. The quantitative estimate of drug-likeness (QED) is 0.739. The summed E-state index contributed by atoms with van der Waals surface area (Å²) in [4.78, 5) is 4.82. The Labute approximate surface area is 125 Å². The molecule has 4 heteroatoms. The van der Waals surface area contributed by atoms with Gasteiger partial charge in [0.2, 0.25) is 0 Å². The van der Waals surface area contributed by atoms with Gasteiger partial charge in [0.1, 0.15) is 5.54 Å². The van der Waals surface area contributed by atoms with Crippen LogP contribution in [-0.2, 0) is 0 Å². The van der Waals surface area contributed by atoms with Crippen molar-refractivity contribution in [2.24, 2.45) is 0 Å². The van der Waals surface area contributed by atoms with Gasteiger partial charge in [0, 0.05) is 18.6 Å². The Morgan fingerprint density at radius 3 is 2.60 bits per heavy atom. The predicted molar refractivity (Wildman–Crippen MR) is 84.7 cm³/mol. The zero-order chi connectivity index (χ0) is 15.2. The van der Waals surface area contributed by atoms with Crippen LogP contribution in [-0.4, -0.2) is 61.2 Å². The van der Waals surface area contributed by atoms with Crippen molar-refractivity contribution in [3.63, 3.8) is 0 Å². The standard InChI is InChI=1S/C16H32N4/c1-6-10-18-16(13-17)9-8-15(11-16)20(7-2)14(3)12-19(4)5/h14-15,18H,6-12H2,1-5H3. The summed E-state index contributed by atoms with van der Waals surface area (Å²) in [6.45, 7) is 9.77. The summed E-state index contributed by atoms with van der Waals surface area (Å²) in [5.74, 6) is 0. The lowest BCUT2D eigenvalue weighted by molar-refractivity contribution is 0.126. The molecule has 0 aromatic heterocycles. The Morgan fingerprint density at radius 2 is 2.10 bits per heavy atom. The van der Waals surface area contributed by atoms with Crippen LogP contribution in [0.5, 0.6) is 0 Å². The van der Waals surface area contributed by atoms with Crippen LogP contribution in [0.4, 0.5) is 0 Å². The molecule has 0 amide bonds. The molecule has 1 aliphatic carbocycles. The fourth-order valence-electron chi connectivity index (χ4n) is 3.53. The van der Waals surface area contributed by atoms with Crippen LogP contribution in [0.1, 0.15) is 46.5 Å². The van der Waals surface area contributed by atoms with Crippen LogP contribution >= 0.6 is 0 Å². The minimum absolute atomic E-state index is 0.286. The molecule has 0 bridgehead atoms. The molecular formula is C16H32N4. The molecule has 3 unspecified atom stereocenters. The topological polar surface area (TPSA) is 42.3 Å². The van der Waals surface area contributed by atoms with Crippen molar-refractivity contribution < 1.29 is 0 Å². The SMILES string of the molecule is CCCNC1(C#N)CCC(N(CC)C(C)CN(C)C)C1. The Hall–Kier alpha value is -0.630. The molecule has 0 spiro atoms. The van der Waals surface area contributed by atoms with Crippen molar-refractivity contribution in [1.82, 2.24) is 15.1 Å². The Balaban J connectivity index is 2.66. The summed E-state index contributed by atoms with van der Waals surface area (Å²) < 4.78 is 0. The summed E-state index contributed by atoms with van der Waals surface area (Å²) in [5, 5.41) is 13.0. The maximum Gasteiger partial charge on any atom is 0.108 e. The molecular weight excluding hydrogens is 248 g/mol. The number of likely N-dealkylation sites (N-methyl/N-ethyl adjacent to an activating group) is 2. The van der Waals surface area contributed by atoms with E-state index in [0.717, 1.165) is 45.3 Å².